The summed E-state index contributed by atoms with van der Waals surface area (Å²) >= 11 is 0. The molecule has 21 heavy (non-hydrogen) atoms. The van der Waals surface area contributed by atoms with Gasteiger partial charge >= 0.3 is 0 Å². The second-order valence-corrected chi connectivity index (χ2v) is 5.36. The Bertz CT molecular complexity index is 651. The van der Waals surface area contributed by atoms with Gasteiger partial charge in [-0.15, -0.1) is 0 Å². The molecule has 0 saturated heterocycles. The minimum absolute atomic E-state index is 0.0880. The fourth-order valence-electron chi connectivity index (χ4n) is 2.16. The number of carbonyl (C=O) groups is 1. The van der Waals surface area contributed by atoms with Gasteiger partial charge in [0.25, 0.3) is 5.91 Å². The second-order valence-electron chi connectivity index (χ2n) is 5.36. The van der Waals surface area contributed by atoms with Crippen LogP contribution in [0.25, 0.3) is 0 Å². The molecule has 3 N–H and O–H groups in total. The number of benzene rings is 2. The first kappa shape index (κ1) is 13.6. The third-order valence-electron chi connectivity index (χ3n) is 3.47. The third-order valence-corrected chi connectivity index (χ3v) is 3.47. The van der Waals surface area contributed by atoms with Crippen LogP contribution in [-0.2, 0) is 6.54 Å². The highest BCUT2D eigenvalue weighted by molar-refractivity contribution is 6.04. The van der Waals surface area contributed by atoms with Crippen LogP contribution in [0.1, 0.15) is 28.8 Å². The Morgan fingerprint density at radius 1 is 1.14 bits per heavy atom. The number of hydrogen-bond acceptors (Lipinski definition) is 3. The molecular formula is C17H18N2O2. The molecular weight excluding hydrogens is 264 g/mol. The number of carbonyl (C=O) groups excluding carboxylic acids is 1. The van der Waals surface area contributed by atoms with Crippen molar-refractivity contribution in [2.24, 2.45) is 0 Å². The second kappa shape index (κ2) is 5.97. The maximum atomic E-state index is 12.1. The zero-order chi connectivity index (χ0) is 14.7. The zero-order valence-corrected chi connectivity index (χ0v) is 11.7. The van der Waals surface area contributed by atoms with E-state index in [1.54, 1.807) is 18.2 Å². The Hall–Kier alpha value is -2.33. The summed E-state index contributed by atoms with van der Waals surface area (Å²) < 4.78 is 0. The van der Waals surface area contributed by atoms with Gasteiger partial charge in [-0.3, -0.25) is 4.79 Å². The van der Waals surface area contributed by atoms with Gasteiger partial charge in [0.05, 0.1) is 0 Å². The average Bonchev–Trinajstić information content (AvgIpc) is 3.30. The van der Waals surface area contributed by atoms with Crippen LogP contribution in [0, 0.1) is 0 Å². The SMILES string of the molecule is O=C(Nc1cccc(CNC2CC2)c1)c1cccc(O)c1. The predicted octanol–water partition coefficient (Wildman–Crippen LogP) is 2.90. The Morgan fingerprint density at radius 2 is 1.95 bits per heavy atom. The monoisotopic (exact) mass is 282 g/mol. The van der Waals surface area contributed by atoms with Gasteiger partial charge in [0.1, 0.15) is 5.75 Å². The van der Waals surface area contributed by atoms with E-state index < -0.39 is 0 Å². The van der Waals surface area contributed by atoms with Crippen LogP contribution in [0.15, 0.2) is 48.5 Å². The molecule has 2 aromatic carbocycles. The van der Waals surface area contributed by atoms with E-state index in [-0.39, 0.29) is 11.7 Å². The lowest BCUT2D eigenvalue weighted by atomic mass is 10.1. The number of nitrogens with one attached hydrogen (secondary N) is 2. The normalized spacial score (nSPS) is 13.9. The van der Waals surface area contributed by atoms with Gasteiger partial charge in [-0.05, 0) is 48.7 Å². The summed E-state index contributed by atoms with van der Waals surface area (Å²) in [5.41, 5.74) is 2.35. The molecule has 0 bridgehead atoms. The molecule has 0 heterocycles. The zero-order valence-electron chi connectivity index (χ0n) is 11.7. The number of phenolic OH excluding ortho intramolecular Hbond substituents is 1. The molecule has 0 aromatic heterocycles. The van der Waals surface area contributed by atoms with Gasteiger partial charge in [0.2, 0.25) is 0 Å². The first-order valence-electron chi connectivity index (χ1n) is 7.13. The van der Waals surface area contributed by atoms with Crippen molar-refractivity contribution in [3.63, 3.8) is 0 Å². The highest BCUT2D eigenvalue weighted by Gasteiger charge is 2.19. The van der Waals surface area contributed by atoms with Crippen LogP contribution in [0.5, 0.6) is 5.75 Å². The van der Waals surface area contributed by atoms with Crippen molar-refractivity contribution in [2.45, 2.75) is 25.4 Å². The number of aromatic hydroxyl groups is 1. The highest BCUT2D eigenvalue weighted by atomic mass is 16.3. The predicted molar refractivity (Wildman–Crippen MR) is 82.4 cm³/mol. The molecule has 3 rings (SSSR count). The smallest absolute Gasteiger partial charge is 0.255 e. The molecule has 4 nitrogen and oxygen atoms in total. The quantitative estimate of drug-likeness (QED) is 0.790. The summed E-state index contributed by atoms with van der Waals surface area (Å²) in [6, 6.07) is 14.8. The maximum absolute atomic E-state index is 12.1. The van der Waals surface area contributed by atoms with Crippen molar-refractivity contribution >= 4 is 11.6 Å². The molecule has 0 spiro atoms. The lowest BCUT2D eigenvalue weighted by Gasteiger charge is -2.08. The molecule has 0 unspecified atom stereocenters. The molecule has 1 aliphatic rings. The molecule has 2 aromatic rings. The molecule has 1 amide bonds. The lowest BCUT2D eigenvalue weighted by Crippen LogP contribution is -2.16. The van der Waals surface area contributed by atoms with Crippen LogP contribution < -0.4 is 10.6 Å². The van der Waals surface area contributed by atoms with Gasteiger partial charge < -0.3 is 15.7 Å². The fourth-order valence-corrected chi connectivity index (χ4v) is 2.16. The minimum Gasteiger partial charge on any atom is -0.508 e. The van der Waals surface area contributed by atoms with Crippen molar-refractivity contribution in [1.82, 2.24) is 5.32 Å². The molecule has 1 saturated carbocycles. The van der Waals surface area contributed by atoms with Gasteiger partial charge in [0.15, 0.2) is 0 Å². The molecule has 1 aliphatic carbocycles. The van der Waals surface area contributed by atoms with E-state index in [0.29, 0.717) is 11.6 Å². The van der Waals surface area contributed by atoms with Crippen LogP contribution in [-0.4, -0.2) is 17.1 Å². The number of hydrogen-bond donors (Lipinski definition) is 3. The standard InChI is InChI=1S/C17H18N2O2/c20-16-6-2-4-13(10-16)17(21)19-15-5-1-3-12(9-15)11-18-14-7-8-14/h1-6,9-10,14,18,20H,7-8,11H2,(H,19,21). The van der Waals surface area contributed by atoms with E-state index >= 15 is 0 Å². The summed E-state index contributed by atoms with van der Waals surface area (Å²) in [6.07, 6.45) is 2.52. The Labute approximate surface area is 123 Å². The van der Waals surface area contributed by atoms with E-state index in [2.05, 4.69) is 10.6 Å². The molecule has 4 heteroatoms. The van der Waals surface area contributed by atoms with Crippen LogP contribution in [0.2, 0.25) is 0 Å². The number of rotatable bonds is 5. The number of phenols is 1. The van der Waals surface area contributed by atoms with Crippen molar-refractivity contribution in [1.29, 1.82) is 0 Å². The van der Waals surface area contributed by atoms with Crippen LogP contribution in [0.4, 0.5) is 5.69 Å². The molecule has 0 atom stereocenters. The highest BCUT2D eigenvalue weighted by Crippen LogP contribution is 2.20. The molecule has 1 fully saturated rings. The van der Waals surface area contributed by atoms with Gasteiger partial charge in [0, 0.05) is 23.8 Å². The number of anilines is 1. The summed E-state index contributed by atoms with van der Waals surface area (Å²) in [7, 11) is 0. The van der Waals surface area contributed by atoms with E-state index in [9.17, 15) is 9.90 Å². The first-order valence-corrected chi connectivity index (χ1v) is 7.13. The Balaban J connectivity index is 1.66. The molecule has 108 valence electrons. The molecule has 0 radical (unpaired) electrons. The third kappa shape index (κ3) is 3.83. The van der Waals surface area contributed by atoms with E-state index in [1.807, 2.05) is 24.3 Å². The summed E-state index contributed by atoms with van der Waals surface area (Å²) in [6.45, 7) is 0.820. The van der Waals surface area contributed by atoms with Crippen LogP contribution >= 0.6 is 0 Å². The topological polar surface area (TPSA) is 61.4 Å². The summed E-state index contributed by atoms with van der Waals surface area (Å²) in [4.78, 5) is 12.1. The fraction of sp³-hybridized carbons (Fsp3) is 0.235. The maximum Gasteiger partial charge on any atom is 0.255 e. The molecule has 0 aliphatic heterocycles. The van der Waals surface area contributed by atoms with Gasteiger partial charge in [-0.25, -0.2) is 0 Å². The lowest BCUT2D eigenvalue weighted by molar-refractivity contribution is 0.102. The van der Waals surface area contributed by atoms with Crippen molar-refractivity contribution < 1.29 is 9.90 Å². The van der Waals surface area contributed by atoms with Gasteiger partial charge in [-0.1, -0.05) is 18.2 Å². The Kier molecular flexibility index (Phi) is 3.88. The van der Waals surface area contributed by atoms with Crippen LogP contribution in [0.3, 0.4) is 0 Å². The van der Waals surface area contributed by atoms with Crippen molar-refractivity contribution in [2.75, 3.05) is 5.32 Å². The van der Waals surface area contributed by atoms with E-state index in [1.165, 1.54) is 18.9 Å². The Morgan fingerprint density at radius 3 is 2.71 bits per heavy atom. The van der Waals surface area contributed by atoms with Crippen molar-refractivity contribution in [3.8, 4) is 5.75 Å². The van der Waals surface area contributed by atoms with Crippen molar-refractivity contribution in [3.05, 3.63) is 59.7 Å². The minimum atomic E-state index is -0.224. The summed E-state index contributed by atoms with van der Waals surface area (Å²) in [5, 5.41) is 15.7. The number of amides is 1. The van der Waals surface area contributed by atoms with E-state index in [0.717, 1.165) is 17.8 Å². The largest absolute Gasteiger partial charge is 0.508 e. The van der Waals surface area contributed by atoms with Gasteiger partial charge in [-0.2, -0.15) is 0 Å². The average molecular weight is 282 g/mol. The van der Waals surface area contributed by atoms with E-state index in [4.69, 9.17) is 0 Å². The first-order chi connectivity index (χ1) is 10.2. The summed E-state index contributed by atoms with van der Waals surface area (Å²) in [5.74, 6) is -0.136.